The highest BCUT2D eigenvalue weighted by molar-refractivity contribution is 5.95. The number of carbonyl (C=O) groups is 2. The maximum Gasteiger partial charge on any atom is 0.243 e. The van der Waals surface area contributed by atoms with Gasteiger partial charge in [0.15, 0.2) is 11.5 Å². The third-order valence-electron chi connectivity index (χ3n) is 4.29. The number of hydrogen-bond acceptors (Lipinski definition) is 6. The number of hydrogen-bond donors (Lipinski definition) is 1. The first kappa shape index (κ1) is 21.9. The molecule has 0 heterocycles. The Morgan fingerprint density at radius 2 is 1.66 bits per heavy atom. The van der Waals surface area contributed by atoms with Crippen LogP contribution in [0.2, 0.25) is 0 Å². The number of nitrogens with one attached hydrogen (secondary N) is 1. The molecular weight excluding hydrogens is 376 g/mol. The van der Waals surface area contributed by atoms with E-state index in [1.54, 1.807) is 50.6 Å². The first-order chi connectivity index (χ1) is 13.9. The number of likely N-dealkylation sites (N-methyl/N-ethyl adjacent to an activating group) is 1. The molecule has 0 atom stereocenters. The third kappa shape index (κ3) is 5.54. The normalized spacial score (nSPS) is 10.1. The zero-order valence-electron chi connectivity index (χ0n) is 17.3. The molecule has 0 bridgehead atoms. The predicted octanol–water partition coefficient (Wildman–Crippen LogP) is 2.36. The van der Waals surface area contributed by atoms with Gasteiger partial charge in [0.1, 0.15) is 5.75 Å². The van der Waals surface area contributed by atoms with E-state index >= 15 is 0 Å². The molecule has 0 aliphatic heterocycles. The van der Waals surface area contributed by atoms with Crippen LogP contribution in [0.3, 0.4) is 0 Å². The number of methoxy groups -OCH3 is 4. The van der Waals surface area contributed by atoms with Crippen molar-refractivity contribution in [2.75, 3.05) is 47.3 Å². The molecule has 8 nitrogen and oxygen atoms in total. The molecule has 8 heteroatoms. The van der Waals surface area contributed by atoms with Crippen LogP contribution in [-0.4, -0.2) is 58.7 Å². The zero-order chi connectivity index (χ0) is 21.4. The molecule has 0 saturated heterocycles. The SMILES string of the molecule is COc1cccc(NC(=O)CN(C)C(=O)Cc2ccc(OC)c(OC)c2OC)c1. The van der Waals surface area contributed by atoms with E-state index in [0.717, 1.165) is 0 Å². The van der Waals surface area contributed by atoms with E-state index in [2.05, 4.69) is 5.32 Å². The maximum atomic E-state index is 12.6. The van der Waals surface area contributed by atoms with E-state index < -0.39 is 0 Å². The van der Waals surface area contributed by atoms with Crippen molar-refractivity contribution in [1.29, 1.82) is 0 Å². The first-order valence-electron chi connectivity index (χ1n) is 8.89. The monoisotopic (exact) mass is 402 g/mol. The van der Waals surface area contributed by atoms with Crippen molar-refractivity contribution >= 4 is 17.5 Å². The van der Waals surface area contributed by atoms with Gasteiger partial charge in [-0.25, -0.2) is 0 Å². The number of benzene rings is 2. The van der Waals surface area contributed by atoms with Gasteiger partial charge in [0.05, 0.1) is 41.4 Å². The minimum absolute atomic E-state index is 0.0481. The van der Waals surface area contributed by atoms with Crippen LogP contribution in [0.5, 0.6) is 23.0 Å². The van der Waals surface area contributed by atoms with Crippen LogP contribution >= 0.6 is 0 Å². The van der Waals surface area contributed by atoms with Gasteiger partial charge in [-0.1, -0.05) is 12.1 Å². The van der Waals surface area contributed by atoms with Gasteiger partial charge in [0, 0.05) is 24.4 Å². The molecule has 0 aliphatic carbocycles. The molecule has 0 fully saturated rings. The molecule has 2 rings (SSSR count). The molecule has 0 aliphatic rings. The summed E-state index contributed by atoms with van der Waals surface area (Å²) in [6.07, 6.45) is 0.0481. The van der Waals surface area contributed by atoms with Crippen molar-refractivity contribution in [3.63, 3.8) is 0 Å². The summed E-state index contributed by atoms with van der Waals surface area (Å²) in [7, 11) is 7.64. The molecule has 0 radical (unpaired) electrons. The lowest BCUT2D eigenvalue weighted by Crippen LogP contribution is -2.35. The number of ether oxygens (including phenoxy) is 4. The van der Waals surface area contributed by atoms with Gasteiger partial charge >= 0.3 is 0 Å². The predicted molar refractivity (Wildman–Crippen MR) is 109 cm³/mol. The van der Waals surface area contributed by atoms with Crippen LogP contribution in [-0.2, 0) is 16.0 Å². The quantitative estimate of drug-likeness (QED) is 0.693. The second-order valence-corrected chi connectivity index (χ2v) is 6.20. The molecule has 1 N–H and O–H groups in total. The number of amides is 2. The largest absolute Gasteiger partial charge is 0.497 e. The van der Waals surface area contributed by atoms with Crippen LogP contribution in [0.25, 0.3) is 0 Å². The Kier molecular flexibility index (Phi) is 7.70. The Labute approximate surface area is 170 Å². The van der Waals surface area contributed by atoms with Crippen molar-refractivity contribution in [2.45, 2.75) is 6.42 Å². The Morgan fingerprint density at radius 1 is 0.931 bits per heavy atom. The molecule has 0 saturated carbocycles. The fourth-order valence-electron chi connectivity index (χ4n) is 2.81. The van der Waals surface area contributed by atoms with Gasteiger partial charge in [-0.2, -0.15) is 0 Å². The topological polar surface area (TPSA) is 86.3 Å². The summed E-state index contributed by atoms with van der Waals surface area (Å²) in [6, 6.07) is 10.4. The average Bonchev–Trinajstić information content (AvgIpc) is 2.72. The van der Waals surface area contributed by atoms with Crippen LogP contribution in [0.4, 0.5) is 5.69 Å². The highest BCUT2D eigenvalue weighted by Crippen LogP contribution is 2.40. The van der Waals surface area contributed by atoms with Crippen molar-refractivity contribution in [3.8, 4) is 23.0 Å². The summed E-state index contributed by atoms with van der Waals surface area (Å²) in [6.45, 7) is -0.0916. The van der Waals surface area contributed by atoms with E-state index in [4.69, 9.17) is 18.9 Å². The van der Waals surface area contributed by atoms with Gasteiger partial charge in [0.2, 0.25) is 17.6 Å². The van der Waals surface area contributed by atoms with Gasteiger partial charge < -0.3 is 29.2 Å². The fourth-order valence-corrected chi connectivity index (χ4v) is 2.81. The van der Waals surface area contributed by atoms with E-state index in [-0.39, 0.29) is 24.8 Å². The maximum absolute atomic E-state index is 12.6. The second kappa shape index (κ2) is 10.2. The molecular formula is C21H26N2O6. The summed E-state index contributed by atoms with van der Waals surface area (Å²) >= 11 is 0. The smallest absolute Gasteiger partial charge is 0.243 e. The summed E-state index contributed by atoms with van der Waals surface area (Å²) < 4.78 is 21.1. The third-order valence-corrected chi connectivity index (χ3v) is 4.29. The summed E-state index contributed by atoms with van der Waals surface area (Å²) in [5, 5.41) is 2.75. The molecule has 2 aromatic carbocycles. The molecule has 2 amide bonds. The molecule has 0 unspecified atom stereocenters. The molecule has 156 valence electrons. The minimum atomic E-state index is -0.312. The van der Waals surface area contributed by atoms with Gasteiger partial charge in [0.25, 0.3) is 0 Å². The summed E-state index contributed by atoms with van der Waals surface area (Å²) in [4.78, 5) is 26.3. The van der Waals surface area contributed by atoms with Crippen LogP contribution in [0.15, 0.2) is 36.4 Å². The standard InChI is InChI=1S/C21H26N2O6/c1-23(13-18(24)22-15-7-6-8-16(12-15)26-2)19(25)11-14-9-10-17(27-3)21(29-5)20(14)28-4/h6-10,12H,11,13H2,1-5H3,(H,22,24). The number of nitrogens with zero attached hydrogens (tertiary/aromatic N) is 1. The average molecular weight is 402 g/mol. The highest BCUT2D eigenvalue weighted by Gasteiger charge is 2.20. The lowest BCUT2D eigenvalue weighted by molar-refractivity contribution is -0.132. The number of carbonyl (C=O) groups excluding carboxylic acids is 2. The Morgan fingerprint density at radius 3 is 2.28 bits per heavy atom. The highest BCUT2D eigenvalue weighted by atomic mass is 16.5. The summed E-state index contributed by atoms with van der Waals surface area (Å²) in [5.74, 6) is 1.43. The van der Waals surface area contributed by atoms with Crippen LogP contribution < -0.4 is 24.3 Å². The van der Waals surface area contributed by atoms with Crippen molar-refractivity contribution in [1.82, 2.24) is 4.90 Å². The van der Waals surface area contributed by atoms with Gasteiger partial charge in [-0.15, -0.1) is 0 Å². The molecule has 0 spiro atoms. The second-order valence-electron chi connectivity index (χ2n) is 6.20. The van der Waals surface area contributed by atoms with E-state index in [9.17, 15) is 9.59 Å². The Balaban J connectivity index is 2.04. The lowest BCUT2D eigenvalue weighted by atomic mass is 10.1. The summed E-state index contributed by atoms with van der Waals surface area (Å²) in [5.41, 5.74) is 1.23. The van der Waals surface area contributed by atoms with Crippen LogP contribution in [0, 0.1) is 0 Å². The van der Waals surface area contributed by atoms with Gasteiger partial charge in [-0.05, 0) is 18.2 Å². The zero-order valence-corrected chi connectivity index (χ0v) is 17.3. The number of rotatable bonds is 9. The molecule has 0 aromatic heterocycles. The van der Waals surface area contributed by atoms with Crippen molar-refractivity contribution in [2.24, 2.45) is 0 Å². The van der Waals surface area contributed by atoms with Crippen LogP contribution in [0.1, 0.15) is 5.56 Å². The van der Waals surface area contributed by atoms with E-state index in [0.29, 0.717) is 34.2 Å². The fraction of sp³-hybridized carbons (Fsp3) is 0.333. The molecule has 2 aromatic rings. The number of anilines is 1. The van der Waals surface area contributed by atoms with Gasteiger partial charge in [-0.3, -0.25) is 9.59 Å². The lowest BCUT2D eigenvalue weighted by Gasteiger charge is -2.19. The molecule has 29 heavy (non-hydrogen) atoms. The first-order valence-corrected chi connectivity index (χ1v) is 8.89. The minimum Gasteiger partial charge on any atom is -0.497 e. The van der Waals surface area contributed by atoms with E-state index in [1.165, 1.54) is 26.2 Å². The van der Waals surface area contributed by atoms with Crippen molar-refractivity contribution < 1.29 is 28.5 Å². The Bertz CT molecular complexity index is 868. The Hall–Kier alpha value is -3.42. The van der Waals surface area contributed by atoms with E-state index in [1.807, 2.05) is 0 Å². The van der Waals surface area contributed by atoms with Crippen molar-refractivity contribution in [3.05, 3.63) is 42.0 Å².